The van der Waals surface area contributed by atoms with Crippen molar-refractivity contribution in [1.29, 1.82) is 0 Å². The first-order chi connectivity index (χ1) is 12.8. The molecule has 136 valence electrons. The highest BCUT2D eigenvalue weighted by Gasteiger charge is 2.15. The van der Waals surface area contributed by atoms with Crippen LogP contribution in [0.4, 0.5) is 0 Å². The topological polar surface area (TPSA) is 57.5 Å². The molecule has 6 nitrogen and oxygen atoms in total. The van der Waals surface area contributed by atoms with E-state index < -0.39 is 0 Å². The minimum absolute atomic E-state index is 0.605. The minimum atomic E-state index is 0.605. The average molecular weight is 353 g/mol. The maximum atomic E-state index is 5.54. The Hall–Kier alpha value is -2.99. The van der Waals surface area contributed by atoms with Crippen molar-refractivity contribution in [2.24, 2.45) is 0 Å². The van der Waals surface area contributed by atoms with Crippen LogP contribution in [0.25, 0.3) is 5.69 Å². The maximum absolute atomic E-state index is 5.54. The van der Waals surface area contributed by atoms with Crippen LogP contribution in [-0.4, -0.2) is 30.9 Å². The Morgan fingerprint density at radius 1 is 0.885 bits per heavy atom. The van der Waals surface area contributed by atoms with Crippen molar-refractivity contribution in [1.82, 2.24) is 14.9 Å². The van der Waals surface area contributed by atoms with Crippen molar-refractivity contribution in [2.45, 2.75) is 13.1 Å². The van der Waals surface area contributed by atoms with Gasteiger partial charge in [-0.3, -0.25) is 0 Å². The van der Waals surface area contributed by atoms with E-state index in [1.807, 2.05) is 35.0 Å². The fourth-order valence-electron chi connectivity index (χ4n) is 2.95. The summed E-state index contributed by atoms with van der Waals surface area (Å²) < 4.78 is 18.3. The van der Waals surface area contributed by atoms with E-state index in [2.05, 4.69) is 22.4 Å². The van der Waals surface area contributed by atoms with Crippen LogP contribution in [0.3, 0.4) is 0 Å². The summed E-state index contributed by atoms with van der Waals surface area (Å²) in [5.74, 6) is 1.94. The van der Waals surface area contributed by atoms with E-state index in [0.29, 0.717) is 30.3 Å². The molecular weight excluding hydrogens is 330 g/mol. The number of methoxy groups -OCH3 is 3. The number of hydrogen-bond acceptors (Lipinski definition) is 5. The van der Waals surface area contributed by atoms with Crippen LogP contribution >= 0.6 is 0 Å². The van der Waals surface area contributed by atoms with E-state index in [4.69, 9.17) is 14.2 Å². The summed E-state index contributed by atoms with van der Waals surface area (Å²) >= 11 is 0. The van der Waals surface area contributed by atoms with E-state index in [1.165, 1.54) is 5.56 Å². The third-order valence-corrected chi connectivity index (χ3v) is 4.19. The number of aromatic nitrogens is 2. The van der Waals surface area contributed by atoms with Gasteiger partial charge < -0.3 is 24.1 Å². The number of benzene rings is 2. The van der Waals surface area contributed by atoms with Crippen LogP contribution in [0.2, 0.25) is 0 Å². The van der Waals surface area contributed by atoms with Gasteiger partial charge in [0, 0.05) is 31.0 Å². The second-order valence-electron chi connectivity index (χ2n) is 5.70. The van der Waals surface area contributed by atoms with Crippen LogP contribution < -0.4 is 19.5 Å². The Morgan fingerprint density at radius 2 is 1.65 bits per heavy atom. The number of imidazole rings is 1. The molecule has 3 aromatic rings. The first kappa shape index (κ1) is 17.8. The molecule has 1 heterocycles. The third-order valence-electron chi connectivity index (χ3n) is 4.19. The summed E-state index contributed by atoms with van der Waals surface area (Å²) in [5.41, 5.74) is 3.30. The summed E-state index contributed by atoms with van der Waals surface area (Å²) in [5, 5.41) is 3.47. The summed E-state index contributed by atoms with van der Waals surface area (Å²) in [6.07, 6.45) is 5.52. The first-order valence-corrected chi connectivity index (χ1v) is 8.33. The van der Waals surface area contributed by atoms with Gasteiger partial charge in [-0.1, -0.05) is 24.3 Å². The Balaban J connectivity index is 1.75. The lowest BCUT2D eigenvalue weighted by Crippen LogP contribution is -2.15. The highest BCUT2D eigenvalue weighted by atomic mass is 16.5. The molecule has 0 atom stereocenters. The summed E-state index contributed by atoms with van der Waals surface area (Å²) in [7, 11) is 4.86. The molecule has 0 amide bonds. The van der Waals surface area contributed by atoms with Crippen LogP contribution in [0.1, 0.15) is 11.1 Å². The zero-order valence-electron chi connectivity index (χ0n) is 15.2. The zero-order chi connectivity index (χ0) is 18.4. The van der Waals surface area contributed by atoms with Crippen molar-refractivity contribution in [3.05, 3.63) is 66.2 Å². The maximum Gasteiger partial charge on any atom is 0.203 e. The van der Waals surface area contributed by atoms with Crippen LogP contribution in [0.5, 0.6) is 17.2 Å². The fraction of sp³-hybridized carbons (Fsp3) is 0.250. The van der Waals surface area contributed by atoms with Gasteiger partial charge in [0.05, 0.1) is 33.3 Å². The second-order valence-corrected chi connectivity index (χ2v) is 5.70. The van der Waals surface area contributed by atoms with E-state index in [-0.39, 0.29) is 0 Å². The molecule has 0 unspecified atom stereocenters. The highest BCUT2D eigenvalue weighted by Crippen LogP contribution is 2.39. The third kappa shape index (κ3) is 3.65. The predicted molar refractivity (Wildman–Crippen MR) is 100 cm³/mol. The average Bonchev–Trinajstić information content (AvgIpc) is 3.22. The van der Waals surface area contributed by atoms with Crippen molar-refractivity contribution in [2.75, 3.05) is 21.3 Å². The molecule has 0 saturated heterocycles. The first-order valence-electron chi connectivity index (χ1n) is 8.33. The van der Waals surface area contributed by atoms with E-state index in [0.717, 1.165) is 11.3 Å². The Labute approximate surface area is 153 Å². The van der Waals surface area contributed by atoms with Crippen molar-refractivity contribution in [3.8, 4) is 22.9 Å². The number of hydrogen-bond donors (Lipinski definition) is 1. The molecule has 0 aliphatic heterocycles. The van der Waals surface area contributed by atoms with Crippen molar-refractivity contribution >= 4 is 0 Å². The fourth-order valence-corrected chi connectivity index (χ4v) is 2.95. The lowest BCUT2D eigenvalue weighted by Gasteiger charge is -2.16. The van der Waals surface area contributed by atoms with Crippen LogP contribution in [-0.2, 0) is 13.1 Å². The Bertz CT molecular complexity index is 848. The molecule has 3 rings (SSSR count). The minimum Gasteiger partial charge on any atom is -0.493 e. The summed E-state index contributed by atoms with van der Waals surface area (Å²) in [6, 6.07) is 12.1. The second kappa shape index (κ2) is 8.40. The van der Waals surface area contributed by atoms with Crippen molar-refractivity contribution < 1.29 is 14.2 Å². The van der Waals surface area contributed by atoms with E-state index in [1.54, 1.807) is 33.9 Å². The number of nitrogens with one attached hydrogen (secondary N) is 1. The van der Waals surface area contributed by atoms with Gasteiger partial charge in [-0.2, -0.15) is 0 Å². The molecular formula is C20H23N3O3. The molecule has 1 aromatic heterocycles. The lowest BCUT2D eigenvalue weighted by atomic mass is 10.1. The van der Waals surface area contributed by atoms with Gasteiger partial charge in [-0.25, -0.2) is 4.98 Å². The normalized spacial score (nSPS) is 10.6. The molecule has 0 fully saturated rings. The lowest BCUT2D eigenvalue weighted by molar-refractivity contribution is 0.321. The van der Waals surface area contributed by atoms with E-state index in [9.17, 15) is 0 Å². The molecule has 0 radical (unpaired) electrons. The number of ether oxygens (including phenoxy) is 3. The number of rotatable bonds is 8. The molecule has 1 N–H and O–H groups in total. The van der Waals surface area contributed by atoms with Gasteiger partial charge >= 0.3 is 0 Å². The standard InChI is InChI=1S/C20H23N3O3/c1-24-18-9-8-16(19(25-2)20(18)26-3)13-22-12-15-6-4-5-7-17(15)23-11-10-21-14-23/h4-11,14,22H,12-13H2,1-3H3. The number of para-hydroxylation sites is 1. The van der Waals surface area contributed by atoms with E-state index >= 15 is 0 Å². The molecule has 2 aromatic carbocycles. The highest BCUT2D eigenvalue weighted by molar-refractivity contribution is 5.55. The molecule has 0 aliphatic rings. The molecule has 0 bridgehead atoms. The molecule has 0 saturated carbocycles. The molecule has 6 heteroatoms. The SMILES string of the molecule is COc1ccc(CNCc2ccccc2-n2ccnc2)c(OC)c1OC. The van der Waals surface area contributed by atoms with Gasteiger partial charge in [0.2, 0.25) is 5.75 Å². The molecule has 0 aliphatic carbocycles. The van der Waals surface area contributed by atoms with Crippen LogP contribution in [0, 0.1) is 0 Å². The summed E-state index contributed by atoms with van der Waals surface area (Å²) in [4.78, 5) is 4.13. The van der Waals surface area contributed by atoms with Gasteiger partial charge in [0.25, 0.3) is 0 Å². The van der Waals surface area contributed by atoms with Gasteiger partial charge in [-0.15, -0.1) is 0 Å². The van der Waals surface area contributed by atoms with Crippen LogP contribution in [0.15, 0.2) is 55.1 Å². The Kier molecular flexibility index (Phi) is 5.76. The zero-order valence-corrected chi connectivity index (χ0v) is 15.2. The number of nitrogens with zero attached hydrogens (tertiary/aromatic N) is 2. The largest absolute Gasteiger partial charge is 0.493 e. The Morgan fingerprint density at radius 3 is 2.35 bits per heavy atom. The predicted octanol–water partition coefficient (Wildman–Crippen LogP) is 3.19. The smallest absolute Gasteiger partial charge is 0.203 e. The van der Waals surface area contributed by atoms with Gasteiger partial charge in [0.15, 0.2) is 11.5 Å². The quantitative estimate of drug-likeness (QED) is 0.674. The molecule has 26 heavy (non-hydrogen) atoms. The molecule has 0 spiro atoms. The van der Waals surface area contributed by atoms with Gasteiger partial charge in [0.1, 0.15) is 0 Å². The monoisotopic (exact) mass is 353 g/mol. The van der Waals surface area contributed by atoms with Gasteiger partial charge in [-0.05, 0) is 17.7 Å². The van der Waals surface area contributed by atoms with Crippen molar-refractivity contribution in [3.63, 3.8) is 0 Å². The summed E-state index contributed by atoms with van der Waals surface area (Å²) in [6.45, 7) is 1.35.